The Kier molecular flexibility index (Phi) is 17.8. The summed E-state index contributed by atoms with van der Waals surface area (Å²) in [4.78, 5) is 20.4. The van der Waals surface area contributed by atoms with Gasteiger partial charge in [0, 0.05) is 12.8 Å². The summed E-state index contributed by atoms with van der Waals surface area (Å²) in [5, 5.41) is 32.8. The van der Waals surface area contributed by atoms with Crippen LogP contribution in [0.3, 0.4) is 0 Å². The van der Waals surface area contributed by atoms with Crippen molar-refractivity contribution in [3.8, 4) is 0 Å². The van der Waals surface area contributed by atoms with Gasteiger partial charge in [0.1, 0.15) is 0 Å². The number of hydrogen-bond donors (Lipinski definition) is 4. The van der Waals surface area contributed by atoms with Crippen LogP contribution in [0.15, 0.2) is 0 Å². The zero-order chi connectivity index (χ0) is 16.5. The zero-order valence-electron chi connectivity index (χ0n) is 13.0. The Bertz CT molecular complexity index is 231. The van der Waals surface area contributed by atoms with E-state index < -0.39 is 18.0 Å². The number of carboxylic acids is 2. The molecule has 0 aromatic carbocycles. The topological polar surface area (TPSA) is 115 Å². The van der Waals surface area contributed by atoms with Gasteiger partial charge in [0.15, 0.2) is 0 Å². The number of aliphatic carboxylic acids is 2. The molecule has 0 spiro atoms. The molecule has 0 radical (unpaired) electrons. The molecule has 0 saturated carbocycles. The molecular weight excluding hydrogens is 276 g/mol. The minimum atomic E-state index is -0.714. The summed E-state index contributed by atoms with van der Waals surface area (Å²) >= 11 is 0. The minimum absolute atomic E-state index is 0.139. The number of aliphatic hydroxyl groups excluding tert-OH is 2. The average Bonchev–Trinajstić information content (AvgIpc) is 2.40. The van der Waals surface area contributed by atoms with E-state index in [1.807, 2.05) is 0 Å². The van der Waals surface area contributed by atoms with Gasteiger partial charge in [-0.2, -0.15) is 0 Å². The van der Waals surface area contributed by atoms with E-state index >= 15 is 0 Å². The van der Waals surface area contributed by atoms with Crippen LogP contribution in [0.5, 0.6) is 0 Å². The van der Waals surface area contributed by atoms with Gasteiger partial charge < -0.3 is 20.4 Å². The number of unbranched alkanes of at least 4 members (excludes halogenated alkanes) is 7. The van der Waals surface area contributed by atoms with Crippen molar-refractivity contribution in [2.75, 3.05) is 6.61 Å². The first-order valence-electron chi connectivity index (χ1n) is 7.62. The Morgan fingerprint density at radius 1 is 0.762 bits per heavy atom. The Balaban J connectivity index is 0. The van der Waals surface area contributed by atoms with Gasteiger partial charge in [-0.25, -0.2) is 0 Å². The van der Waals surface area contributed by atoms with Crippen LogP contribution in [0.2, 0.25) is 0 Å². The molecule has 1 atom stereocenters. The van der Waals surface area contributed by atoms with E-state index in [0.717, 1.165) is 51.4 Å². The second-order valence-corrected chi connectivity index (χ2v) is 5.15. The third-order valence-electron chi connectivity index (χ3n) is 2.80. The number of rotatable bonds is 12. The molecule has 0 aliphatic rings. The van der Waals surface area contributed by atoms with E-state index in [1.54, 1.807) is 0 Å². The lowest BCUT2D eigenvalue weighted by Crippen LogP contribution is -2.03. The first-order valence-corrected chi connectivity index (χ1v) is 7.62. The largest absolute Gasteiger partial charge is 0.481 e. The van der Waals surface area contributed by atoms with E-state index in [0.29, 0.717) is 0 Å². The highest BCUT2D eigenvalue weighted by Gasteiger charge is 1.98. The SMILES string of the molecule is CC(O)CO.O=C(O)CCCCCCCCCCC(=O)O. The Morgan fingerprint density at radius 3 is 1.19 bits per heavy atom. The summed E-state index contributed by atoms with van der Waals surface area (Å²) in [5.41, 5.74) is 0. The molecule has 1 unspecified atom stereocenters. The number of carbonyl (C=O) groups is 2. The van der Waals surface area contributed by atoms with Crippen molar-refractivity contribution in [1.29, 1.82) is 0 Å². The van der Waals surface area contributed by atoms with Crippen molar-refractivity contribution in [1.82, 2.24) is 0 Å². The maximum atomic E-state index is 10.2. The summed E-state index contributed by atoms with van der Waals surface area (Å²) in [7, 11) is 0. The predicted molar refractivity (Wildman–Crippen MR) is 80.2 cm³/mol. The van der Waals surface area contributed by atoms with Gasteiger partial charge in [0.2, 0.25) is 0 Å². The maximum absolute atomic E-state index is 10.2. The van der Waals surface area contributed by atoms with Gasteiger partial charge in [-0.05, 0) is 19.8 Å². The van der Waals surface area contributed by atoms with Crippen LogP contribution >= 0.6 is 0 Å². The van der Waals surface area contributed by atoms with Gasteiger partial charge in [-0.15, -0.1) is 0 Å². The highest BCUT2D eigenvalue weighted by Crippen LogP contribution is 2.10. The van der Waals surface area contributed by atoms with E-state index in [-0.39, 0.29) is 19.4 Å². The van der Waals surface area contributed by atoms with Crippen LogP contribution in [0.4, 0.5) is 0 Å². The van der Waals surface area contributed by atoms with Gasteiger partial charge >= 0.3 is 11.9 Å². The Hall–Kier alpha value is -1.14. The lowest BCUT2D eigenvalue weighted by molar-refractivity contribution is -0.138. The molecule has 0 saturated heterocycles. The van der Waals surface area contributed by atoms with Crippen LogP contribution in [0.25, 0.3) is 0 Å². The molecule has 0 heterocycles. The quantitative estimate of drug-likeness (QED) is 0.412. The van der Waals surface area contributed by atoms with E-state index in [9.17, 15) is 9.59 Å². The molecule has 0 fully saturated rings. The van der Waals surface area contributed by atoms with Gasteiger partial charge in [0.25, 0.3) is 0 Å². The second kappa shape index (κ2) is 16.9. The highest BCUT2D eigenvalue weighted by atomic mass is 16.4. The third kappa shape index (κ3) is 27.9. The summed E-state index contributed by atoms with van der Waals surface area (Å²) in [6.45, 7) is 1.39. The number of carboxylic acid groups (broad SMARTS) is 2. The highest BCUT2D eigenvalue weighted by molar-refractivity contribution is 5.66. The smallest absolute Gasteiger partial charge is 0.303 e. The van der Waals surface area contributed by atoms with Crippen molar-refractivity contribution in [3.05, 3.63) is 0 Å². The van der Waals surface area contributed by atoms with E-state index in [4.69, 9.17) is 20.4 Å². The predicted octanol–water partition coefficient (Wildman–Crippen LogP) is 2.42. The fourth-order valence-corrected chi connectivity index (χ4v) is 1.61. The molecular formula is C15H30O6. The molecule has 4 N–H and O–H groups in total. The number of aliphatic hydroxyl groups is 2. The summed E-state index contributed by atoms with van der Waals surface area (Å²) in [6.07, 6.45) is 7.95. The molecule has 0 rings (SSSR count). The Morgan fingerprint density at radius 2 is 1.00 bits per heavy atom. The average molecular weight is 306 g/mol. The number of hydrogen-bond acceptors (Lipinski definition) is 4. The maximum Gasteiger partial charge on any atom is 0.303 e. The van der Waals surface area contributed by atoms with Crippen molar-refractivity contribution in [2.24, 2.45) is 0 Å². The fraction of sp³-hybridized carbons (Fsp3) is 0.867. The zero-order valence-corrected chi connectivity index (χ0v) is 13.0. The minimum Gasteiger partial charge on any atom is -0.481 e. The molecule has 0 aromatic rings. The van der Waals surface area contributed by atoms with E-state index in [2.05, 4.69) is 0 Å². The standard InChI is InChI=1S/C12H22O4.C3H8O2/c13-11(14)9-7-5-3-1-2-4-6-8-10-12(15)16;1-3(5)2-4/h1-10H2,(H,13,14)(H,15,16);3-5H,2H2,1H3. The van der Waals surface area contributed by atoms with Gasteiger partial charge in [0.05, 0.1) is 12.7 Å². The third-order valence-corrected chi connectivity index (χ3v) is 2.80. The fourth-order valence-electron chi connectivity index (χ4n) is 1.61. The molecule has 0 aliphatic carbocycles. The molecule has 0 bridgehead atoms. The van der Waals surface area contributed by atoms with Crippen LogP contribution in [0, 0.1) is 0 Å². The van der Waals surface area contributed by atoms with Crippen molar-refractivity contribution in [2.45, 2.75) is 77.2 Å². The van der Waals surface area contributed by atoms with Crippen molar-refractivity contribution < 1.29 is 30.0 Å². The van der Waals surface area contributed by atoms with Crippen LogP contribution in [0.1, 0.15) is 71.1 Å². The van der Waals surface area contributed by atoms with Gasteiger partial charge in [-0.3, -0.25) is 9.59 Å². The summed E-state index contributed by atoms with van der Waals surface area (Å²) < 4.78 is 0. The second-order valence-electron chi connectivity index (χ2n) is 5.15. The molecule has 6 nitrogen and oxygen atoms in total. The molecule has 126 valence electrons. The van der Waals surface area contributed by atoms with Crippen LogP contribution < -0.4 is 0 Å². The first kappa shape index (κ1) is 22.1. The van der Waals surface area contributed by atoms with Gasteiger partial charge in [-0.1, -0.05) is 38.5 Å². The lowest BCUT2D eigenvalue weighted by Gasteiger charge is -2.00. The summed E-state index contributed by atoms with van der Waals surface area (Å²) in [6, 6.07) is 0. The molecule has 0 aromatic heterocycles. The molecule has 0 aliphatic heterocycles. The molecule has 0 amide bonds. The van der Waals surface area contributed by atoms with Crippen LogP contribution in [-0.4, -0.2) is 45.1 Å². The molecule has 6 heteroatoms. The monoisotopic (exact) mass is 306 g/mol. The Labute approximate surface area is 126 Å². The van der Waals surface area contributed by atoms with Crippen molar-refractivity contribution in [3.63, 3.8) is 0 Å². The lowest BCUT2D eigenvalue weighted by atomic mass is 10.1. The first-order chi connectivity index (χ1) is 9.90. The van der Waals surface area contributed by atoms with Crippen LogP contribution in [-0.2, 0) is 9.59 Å². The summed E-state index contributed by atoms with van der Waals surface area (Å²) in [5.74, 6) is -1.43. The van der Waals surface area contributed by atoms with E-state index in [1.165, 1.54) is 6.92 Å². The normalized spacial score (nSPS) is 11.4. The van der Waals surface area contributed by atoms with Crippen molar-refractivity contribution >= 4 is 11.9 Å². The molecule has 21 heavy (non-hydrogen) atoms.